The van der Waals surface area contributed by atoms with Gasteiger partial charge in [0.15, 0.2) is 6.29 Å². The van der Waals surface area contributed by atoms with Gasteiger partial charge in [0.25, 0.3) is 0 Å². The topological polar surface area (TPSA) is 57.2 Å². The minimum Gasteiger partial charge on any atom is -0.393 e. The van der Waals surface area contributed by atoms with E-state index in [9.17, 15) is 0 Å². The number of rotatable bonds is 10. The number of aliphatic hydroxyl groups is 1. The third-order valence-electron chi connectivity index (χ3n) is 3.73. The molecule has 1 atom stereocenters. The predicted octanol–water partition coefficient (Wildman–Crippen LogP) is 1.87. The average molecular weight is 288 g/mol. The molecule has 118 valence electrons. The minimum absolute atomic E-state index is 0.00924. The highest BCUT2D eigenvalue weighted by Crippen LogP contribution is 2.22. The Balaban J connectivity index is 1.28. The summed E-state index contributed by atoms with van der Waals surface area (Å²) in [4.78, 5) is 0. The zero-order chi connectivity index (χ0) is 14.0. The van der Waals surface area contributed by atoms with Crippen LogP contribution in [-0.4, -0.2) is 56.6 Å². The molecule has 1 aliphatic heterocycles. The van der Waals surface area contributed by atoms with Gasteiger partial charge >= 0.3 is 0 Å². The molecule has 5 heteroatoms. The molecule has 1 heterocycles. The van der Waals surface area contributed by atoms with Crippen molar-refractivity contribution in [3.63, 3.8) is 0 Å². The summed E-state index contributed by atoms with van der Waals surface area (Å²) in [6, 6.07) is 0. The summed E-state index contributed by atoms with van der Waals surface area (Å²) in [7, 11) is 0. The molecule has 0 aromatic carbocycles. The number of hydrogen-bond acceptors (Lipinski definition) is 5. The molecule has 0 bridgehead atoms. The van der Waals surface area contributed by atoms with Crippen LogP contribution in [0.25, 0.3) is 0 Å². The second-order valence-electron chi connectivity index (χ2n) is 5.60. The molecule has 1 unspecified atom stereocenters. The number of aliphatic hydroxyl groups excluding tert-OH is 1. The van der Waals surface area contributed by atoms with Gasteiger partial charge in [-0.3, -0.25) is 0 Å². The lowest BCUT2D eigenvalue weighted by atomic mass is 9.92. The van der Waals surface area contributed by atoms with Crippen molar-refractivity contribution in [2.75, 3.05) is 33.0 Å². The van der Waals surface area contributed by atoms with Gasteiger partial charge < -0.3 is 24.1 Å². The molecule has 1 saturated heterocycles. The third kappa shape index (κ3) is 6.50. The SMILES string of the molecule is O[C@H]1C[C@H](OCCCOCCCOC2CCCCO2)C1. The normalized spacial score (nSPS) is 30.1. The van der Waals surface area contributed by atoms with Crippen LogP contribution in [0.5, 0.6) is 0 Å². The van der Waals surface area contributed by atoms with Gasteiger partial charge in [0.1, 0.15) is 0 Å². The molecule has 1 aliphatic carbocycles. The van der Waals surface area contributed by atoms with E-state index in [4.69, 9.17) is 24.1 Å². The summed E-state index contributed by atoms with van der Waals surface area (Å²) in [6.07, 6.45) is 6.95. The van der Waals surface area contributed by atoms with Crippen LogP contribution in [-0.2, 0) is 18.9 Å². The first-order valence-corrected chi connectivity index (χ1v) is 7.95. The molecule has 1 N–H and O–H groups in total. The van der Waals surface area contributed by atoms with Gasteiger partial charge in [-0.15, -0.1) is 0 Å². The summed E-state index contributed by atoms with van der Waals surface area (Å²) in [6.45, 7) is 3.73. The lowest BCUT2D eigenvalue weighted by Gasteiger charge is -2.31. The summed E-state index contributed by atoms with van der Waals surface area (Å²) >= 11 is 0. The van der Waals surface area contributed by atoms with Crippen molar-refractivity contribution in [1.82, 2.24) is 0 Å². The van der Waals surface area contributed by atoms with Gasteiger partial charge in [0, 0.05) is 26.4 Å². The summed E-state index contributed by atoms with van der Waals surface area (Å²) in [5.41, 5.74) is 0. The Bertz CT molecular complexity index is 236. The van der Waals surface area contributed by atoms with E-state index in [-0.39, 0.29) is 18.5 Å². The highest BCUT2D eigenvalue weighted by Gasteiger charge is 2.27. The molecule has 0 amide bonds. The molecule has 0 aromatic rings. The van der Waals surface area contributed by atoms with E-state index in [0.717, 1.165) is 65.0 Å². The molecule has 20 heavy (non-hydrogen) atoms. The smallest absolute Gasteiger partial charge is 0.157 e. The third-order valence-corrected chi connectivity index (χ3v) is 3.73. The van der Waals surface area contributed by atoms with Gasteiger partial charge in [-0.1, -0.05) is 0 Å². The second kappa shape index (κ2) is 9.68. The van der Waals surface area contributed by atoms with Crippen molar-refractivity contribution in [3.8, 4) is 0 Å². The van der Waals surface area contributed by atoms with Crippen molar-refractivity contribution in [3.05, 3.63) is 0 Å². The second-order valence-corrected chi connectivity index (χ2v) is 5.60. The molecule has 0 spiro atoms. The first kappa shape index (κ1) is 16.2. The zero-order valence-electron chi connectivity index (χ0n) is 12.3. The molecular formula is C15H28O5. The predicted molar refractivity (Wildman–Crippen MR) is 74.6 cm³/mol. The Morgan fingerprint density at radius 2 is 1.70 bits per heavy atom. The van der Waals surface area contributed by atoms with Gasteiger partial charge in [0.05, 0.1) is 18.8 Å². The van der Waals surface area contributed by atoms with Crippen LogP contribution in [0.3, 0.4) is 0 Å². The lowest BCUT2D eigenvalue weighted by Crippen LogP contribution is -2.35. The van der Waals surface area contributed by atoms with Crippen molar-refractivity contribution in [1.29, 1.82) is 0 Å². The summed E-state index contributed by atoms with van der Waals surface area (Å²) in [5, 5.41) is 9.11. The van der Waals surface area contributed by atoms with Crippen molar-refractivity contribution >= 4 is 0 Å². The van der Waals surface area contributed by atoms with Gasteiger partial charge in [-0.2, -0.15) is 0 Å². The number of ether oxygens (including phenoxy) is 4. The molecule has 5 nitrogen and oxygen atoms in total. The quantitative estimate of drug-likeness (QED) is 0.622. The van der Waals surface area contributed by atoms with E-state index in [1.165, 1.54) is 6.42 Å². The van der Waals surface area contributed by atoms with Crippen LogP contribution in [0.2, 0.25) is 0 Å². The Hall–Kier alpha value is -0.200. The fraction of sp³-hybridized carbons (Fsp3) is 1.00. The first-order valence-electron chi connectivity index (χ1n) is 7.95. The van der Waals surface area contributed by atoms with Crippen LogP contribution in [0, 0.1) is 0 Å². The zero-order valence-corrected chi connectivity index (χ0v) is 12.3. The lowest BCUT2D eigenvalue weighted by molar-refractivity contribution is -0.164. The van der Waals surface area contributed by atoms with Crippen molar-refractivity contribution in [2.45, 2.75) is 63.4 Å². The summed E-state index contributed by atoms with van der Waals surface area (Å²) < 4.78 is 22.2. The van der Waals surface area contributed by atoms with E-state index in [2.05, 4.69) is 0 Å². The standard InChI is InChI=1S/C15H28O5/c16-13-11-14(12-13)18-9-3-6-17-7-4-10-20-15-5-1-2-8-19-15/h13-16H,1-12H2/t13-,14-,15?. The fourth-order valence-corrected chi connectivity index (χ4v) is 2.41. The largest absolute Gasteiger partial charge is 0.393 e. The van der Waals surface area contributed by atoms with Crippen molar-refractivity contribution in [2.24, 2.45) is 0 Å². The molecule has 2 rings (SSSR count). The first-order chi connectivity index (χ1) is 9.84. The van der Waals surface area contributed by atoms with Crippen LogP contribution in [0.15, 0.2) is 0 Å². The molecule has 0 radical (unpaired) electrons. The Kier molecular flexibility index (Phi) is 7.83. The minimum atomic E-state index is -0.135. The highest BCUT2D eigenvalue weighted by atomic mass is 16.7. The monoisotopic (exact) mass is 288 g/mol. The summed E-state index contributed by atoms with van der Waals surface area (Å²) in [5.74, 6) is 0. The van der Waals surface area contributed by atoms with Crippen LogP contribution >= 0.6 is 0 Å². The maximum absolute atomic E-state index is 9.11. The van der Waals surface area contributed by atoms with Gasteiger partial charge in [-0.25, -0.2) is 0 Å². The molecule has 0 aromatic heterocycles. The Labute approximate surface area is 121 Å². The average Bonchev–Trinajstić information content (AvgIpc) is 2.44. The molecule has 1 saturated carbocycles. The number of hydrogen-bond donors (Lipinski definition) is 1. The Morgan fingerprint density at radius 3 is 2.35 bits per heavy atom. The maximum Gasteiger partial charge on any atom is 0.157 e. The van der Waals surface area contributed by atoms with E-state index < -0.39 is 0 Å². The van der Waals surface area contributed by atoms with E-state index in [0.29, 0.717) is 6.61 Å². The fourth-order valence-electron chi connectivity index (χ4n) is 2.41. The molecule has 2 aliphatic rings. The van der Waals surface area contributed by atoms with Crippen LogP contribution in [0.1, 0.15) is 44.9 Å². The van der Waals surface area contributed by atoms with E-state index in [1.807, 2.05) is 0 Å². The van der Waals surface area contributed by atoms with E-state index in [1.54, 1.807) is 0 Å². The van der Waals surface area contributed by atoms with Crippen LogP contribution in [0.4, 0.5) is 0 Å². The van der Waals surface area contributed by atoms with Crippen LogP contribution < -0.4 is 0 Å². The maximum atomic E-state index is 9.11. The van der Waals surface area contributed by atoms with E-state index >= 15 is 0 Å². The van der Waals surface area contributed by atoms with Gasteiger partial charge in [0.2, 0.25) is 0 Å². The molecular weight excluding hydrogens is 260 g/mol. The highest BCUT2D eigenvalue weighted by molar-refractivity contribution is 4.78. The van der Waals surface area contributed by atoms with Gasteiger partial charge in [-0.05, 0) is 44.9 Å². The Morgan fingerprint density at radius 1 is 0.950 bits per heavy atom. The molecule has 2 fully saturated rings. The van der Waals surface area contributed by atoms with Crippen molar-refractivity contribution < 1.29 is 24.1 Å².